The van der Waals surface area contributed by atoms with Gasteiger partial charge in [0.05, 0.1) is 24.8 Å². The number of aliphatic hydroxyl groups is 1. The molecule has 1 fully saturated rings. The Morgan fingerprint density at radius 3 is 3.00 bits per heavy atom. The monoisotopic (exact) mass is 228 g/mol. The molecular weight excluding hydrogens is 216 g/mol. The van der Waals surface area contributed by atoms with Crippen molar-refractivity contribution in [3.8, 4) is 0 Å². The molecule has 2 aromatic rings. The molecule has 1 saturated heterocycles. The van der Waals surface area contributed by atoms with Crippen molar-refractivity contribution in [1.82, 2.24) is 4.98 Å². The fourth-order valence-corrected chi connectivity index (χ4v) is 2.26. The number of aliphatic hydroxyl groups excluding tert-OH is 1. The van der Waals surface area contributed by atoms with E-state index < -0.39 is 6.10 Å². The Balaban J connectivity index is 2.14. The van der Waals surface area contributed by atoms with Crippen LogP contribution in [0.15, 0.2) is 36.7 Å². The molecular formula is C13H12N2O2. The minimum atomic E-state index is -0.556. The minimum absolute atomic E-state index is 0.0261. The predicted molar refractivity (Wildman–Crippen MR) is 64.7 cm³/mol. The van der Waals surface area contributed by atoms with Crippen LogP contribution in [0.3, 0.4) is 0 Å². The first-order valence-corrected chi connectivity index (χ1v) is 5.57. The van der Waals surface area contributed by atoms with E-state index >= 15 is 0 Å². The topological polar surface area (TPSA) is 53.4 Å². The number of nitrogens with zero attached hydrogens (tertiary/aromatic N) is 2. The molecule has 1 aliphatic heterocycles. The zero-order valence-corrected chi connectivity index (χ0v) is 9.21. The van der Waals surface area contributed by atoms with Gasteiger partial charge in [-0.15, -0.1) is 0 Å². The molecule has 0 radical (unpaired) electrons. The minimum Gasteiger partial charge on any atom is -0.391 e. The van der Waals surface area contributed by atoms with E-state index in [2.05, 4.69) is 4.98 Å². The van der Waals surface area contributed by atoms with E-state index in [1.54, 1.807) is 17.3 Å². The van der Waals surface area contributed by atoms with Crippen LogP contribution in [0.4, 0.5) is 5.69 Å². The number of amides is 1. The molecule has 1 amide bonds. The highest BCUT2D eigenvalue weighted by atomic mass is 16.3. The van der Waals surface area contributed by atoms with Gasteiger partial charge in [0.1, 0.15) is 0 Å². The van der Waals surface area contributed by atoms with Crippen LogP contribution >= 0.6 is 0 Å². The molecule has 1 aromatic heterocycles. The summed E-state index contributed by atoms with van der Waals surface area (Å²) in [6.45, 7) is 0.375. The van der Waals surface area contributed by atoms with Crippen LogP contribution in [0.1, 0.15) is 6.42 Å². The van der Waals surface area contributed by atoms with Gasteiger partial charge in [-0.1, -0.05) is 12.1 Å². The van der Waals surface area contributed by atoms with Gasteiger partial charge in [-0.25, -0.2) is 0 Å². The number of anilines is 1. The molecule has 0 bridgehead atoms. The maximum atomic E-state index is 11.8. The number of hydrogen-bond donors (Lipinski definition) is 1. The van der Waals surface area contributed by atoms with Gasteiger partial charge in [0.2, 0.25) is 5.91 Å². The summed E-state index contributed by atoms with van der Waals surface area (Å²) in [5.74, 6) is -0.0261. The van der Waals surface area contributed by atoms with E-state index in [0.717, 1.165) is 16.5 Å². The van der Waals surface area contributed by atoms with Crippen molar-refractivity contribution in [2.24, 2.45) is 0 Å². The standard InChI is InChI=1S/C13H12N2O2/c16-10-6-13(17)15(8-10)12-3-1-2-9-7-14-5-4-11(9)12/h1-5,7,10,16H,6,8H2. The average molecular weight is 228 g/mol. The lowest BCUT2D eigenvalue weighted by Gasteiger charge is -2.17. The summed E-state index contributed by atoms with van der Waals surface area (Å²) >= 11 is 0. The summed E-state index contributed by atoms with van der Waals surface area (Å²) < 4.78 is 0. The quantitative estimate of drug-likeness (QED) is 0.801. The second-order valence-electron chi connectivity index (χ2n) is 4.24. The highest BCUT2D eigenvalue weighted by molar-refractivity contribution is 6.04. The van der Waals surface area contributed by atoms with Crippen LogP contribution in [0.2, 0.25) is 0 Å². The van der Waals surface area contributed by atoms with Crippen molar-refractivity contribution >= 4 is 22.4 Å². The molecule has 17 heavy (non-hydrogen) atoms. The predicted octanol–water partition coefficient (Wildman–Crippen LogP) is 1.33. The fourth-order valence-electron chi connectivity index (χ4n) is 2.26. The van der Waals surface area contributed by atoms with Gasteiger partial charge in [0, 0.05) is 23.2 Å². The Morgan fingerprint density at radius 1 is 1.35 bits per heavy atom. The zero-order chi connectivity index (χ0) is 11.8. The number of hydrogen-bond acceptors (Lipinski definition) is 3. The molecule has 4 nitrogen and oxygen atoms in total. The van der Waals surface area contributed by atoms with Gasteiger partial charge in [0.25, 0.3) is 0 Å². The Hall–Kier alpha value is -1.94. The number of aromatic nitrogens is 1. The number of pyridine rings is 1. The first-order valence-electron chi connectivity index (χ1n) is 5.57. The summed E-state index contributed by atoms with van der Waals surface area (Å²) in [5, 5.41) is 11.5. The van der Waals surface area contributed by atoms with E-state index in [4.69, 9.17) is 0 Å². The van der Waals surface area contributed by atoms with Crippen LogP contribution in [0.25, 0.3) is 10.8 Å². The van der Waals surface area contributed by atoms with Crippen molar-refractivity contribution in [3.05, 3.63) is 36.7 Å². The Kier molecular flexibility index (Phi) is 2.30. The molecule has 1 aliphatic rings. The molecule has 1 aromatic carbocycles. The van der Waals surface area contributed by atoms with E-state index in [-0.39, 0.29) is 12.3 Å². The van der Waals surface area contributed by atoms with Crippen molar-refractivity contribution in [1.29, 1.82) is 0 Å². The first-order chi connectivity index (χ1) is 8.25. The molecule has 3 rings (SSSR count). The molecule has 2 heterocycles. The lowest BCUT2D eigenvalue weighted by atomic mass is 10.1. The average Bonchev–Trinajstić information content (AvgIpc) is 2.68. The maximum Gasteiger partial charge on any atom is 0.229 e. The summed E-state index contributed by atoms with van der Waals surface area (Å²) in [4.78, 5) is 17.5. The number of rotatable bonds is 1. The molecule has 1 unspecified atom stereocenters. The maximum absolute atomic E-state index is 11.8. The fraction of sp³-hybridized carbons (Fsp3) is 0.231. The molecule has 1 atom stereocenters. The van der Waals surface area contributed by atoms with Gasteiger partial charge in [0.15, 0.2) is 0 Å². The van der Waals surface area contributed by atoms with E-state index in [1.807, 2.05) is 24.3 Å². The van der Waals surface area contributed by atoms with Gasteiger partial charge in [-0.3, -0.25) is 9.78 Å². The SMILES string of the molecule is O=C1CC(O)CN1c1cccc2cnccc12. The summed E-state index contributed by atoms with van der Waals surface area (Å²) in [5.41, 5.74) is 0.853. The molecule has 86 valence electrons. The molecule has 0 spiro atoms. The lowest BCUT2D eigenvalue weighted by Crippen LogP contribution is -2.25. The van der Waals surface area contributed by atoms with Crippen molar-refractivity contribution in [2.45, 2.75) is 12.5 Å². The van der Waals surface area contributed by atoms with Crippen LogP contribution < -0.4 is 4.90 Å². The number of β-amino-alcohol motifs (C(OH)–C–C–N with tert-alkyl or cyclic N) is 1. The number of benzene rings is 1. The molecule has 0 aliphatic carbocycles. The van der Waals surface area contributed by atoms with Gasteiger partial charge in [-0.05, 0) is 12.1 Å². The van der Waals surface area contributed by atoms with Crippen LogP contribution in [0.5, 0.6) is 0 Å². The van der Waals surface area contributed by atoms with E-state index in [9.17, 15) is 9.90 Å². The van der Waals surface area contributed by atoms with E-state index in [1.165, 1.54) is 0 Å². The molecule has 0 saturated carbocycles. The Morgan fingerprint density at radius 2 is 2.24 bits per heavy atom. The third-order valence-corrected chi connectivity index (χ3v) is 3.05. The number of carbonyl (C=O) groups excluding carboxylic acids is 1. The lowest BCUT2D eigenvalue weighted by molar-refractivity contribution is -0.117. The van der Waals surface area contributed by atoms with Crippen LogP contribution in [0, 0.1) is 0 Å². The number of carbonyl (C=O) groups is 1. The third kappa shape index (κ3) is 1.66. The molecule has 4 heteroatoms. The number of fused-ring (bicyclic) bond motifs is 1. The normalized spacial score (nSPS) is 20.2. The van der Waals surface area contributed by atoms with Crippen LogP contribution in [-0.2, 0) is 4.79 Å². The van der Waals surface area contributed by atoms with Gasteiger partial charge in [-0.2, -0.15) is 0 Å². The Labute approximate surface area is 98.5 Å². The Bertz CT molecular complexity index is 577. The van der Waals surface area contributed by atoms with Crippen molar-refractivity contribution < 1.29 is 9.90 Å². The van der Waals surface area contributed by atoms with Gasteiger partial charge >= 0.3 is 0 Å². The summed E-state index contributed by atoms with van der Waals surface area (Å²) in [6, 6.07) is 7.65. The van der Waals surface area contributed by atoms with Gasteiger partial charge < -0.3 is 10.0 Å². The highest BCUT2D eigenvalue weighted by Crippen LogP contribution is 2.29. The molecule has 1 N–H and O–H groups in total. The largest absolute Gasteiger partial charge is 0.391 e. The van der Waals surface area contributed by atoms with E-state index in [0.29, 0.717) is 6.54 Å². The van der Waals surface area contributed by atoms with Crippen molar-refractivity contribution in [2.75, 3.05) is 11.4 Å². The second-order valence-corrected chi connectivity index (χ2v) is 4.24. The summed E-state index contributed by atoms with van der Waals surface area (Å²) in [6.07, 6.45) is 3.14. The summed E-state index contributed by atoms with van der Waals surface area (Å²) in [7, 11) is 0. The third-order valence-electron chi connectivity index (χ3n) is 3.05. The second kappa shape index (κ2) is 3.82. The van der Waals surface area contributed by atoms with Crippen LogP contribution in [-0.4, -0.2) is 28.6 Å². The highest BCUT2D eigenvalue weighted by Gasteiger charge is 2.29. The van der Waals surface area contributed by atoms with Crippen molar-refractivity contribution in [3.63, 3.8) is 0 Å². The first kappa shape index (κ1) is 10.2. The smallest absolute Gasteiger partial charge is 0.229 e. The zero-order valence-electron chi connectivity index (χ0n) is 9.21.